The van der Waals surface area contributed by atoms with E-state index in [0.717, 1.165) is 31.5 Å². The van der Waals surface area contributed by atoms with Gasteiger partial charge in [-0.25, -0.2) is 0 Å². The molecule has 3 heteroatoms. The van der Waals surface area contributed by atoms with E-state index in [2.05, 4.69) is 58.8 Å². The van der Waals surface area contributed by atoms with Crippen molar-refractivity contribution in [3.8, 4) is 11.1 Å². The van der Waals surface area contributed by atoms with Gasteiger partial charge in [-0.05, 0) is 96.6 Å². The molecule has 0 amide bonds. The van der Waals surface area contributed by atoms with Crippen LogP contribution in [0, 0.1) is 5.92 Å². The SMILES string of the molecule is O=C1C=CC=C(C2=CC(CN3CCCCC3)Cc3c2ccc2c3CCc3ccccc3-2)NC1. The van der Waals surface area contributed by atoms with Gasteiger partial charge >= 0.3 is 0 Å². The van der Waals surface area contributed by atoms with E-state index in [1.165, 1.54) is 65.7 Å². The molecule has 0 saturated carbocycles. The first-order chi connectivity index (χ1) is 16.3. The third-order valence-electron chi connectivity index (χ3n) is 7.77. The van der Waals surface area contributed by atoms with Gasteiger partial charge in [-0.2, -0.15) is 0 Å². The molecule has 33 heavy (non-hydrogen) atoms. The summed E-state index contributed by atoms with van der Waals surface area (Å²) < 4.78 is 0. The number of aryl methyl sites for hydroxylation is 1. The van der Waals surface area contributed by atoms with E-state index in [9.17, 15) is 4.79 Å². The Morgan fingerprint density at radius 2 is 1.76 bits per heavy atom. The van der Waals surface area contributed by atoms with E-state index in [4.69, 9.17) is 0 Å². The fraction of sp³-hybridized carbons (Fsp3) is 0.367. The molecule has 2 aliphatic carbocycles. The molecular formula is C30H32N2O. The lowest BCUT2D eigenvalue weighted by Crippen LogP contribution is -2.35. The first-order valence-corrected chi connectivity index (χ1v) is 12.6. The molecular weight excluding hydrogens is 404 g/mol. The van der Waals surface area contributed by atoms with Crippen LogP contribution in [-0.2, 0) is 24.1 Å². The molecule has 2 aliphatic heterocycles. The van der Waals surface area contributed by atoms with Gasteiger partial charge in [-0.1, -0.05) is 55.0 Å². The quantitative estimate of drug-likeness (QED) is 0.726. The zero-order chi connectivity index (χ0) is 22.2. The summed E-state index contributed by atoms with van der Waals surface area (Å²) >= 11 is 0. The molecule has 1 N–H and O–H groups in total. The number of allylic oxidation sites excluding steroid dienone is 3. The maximum Gasteiger partial charge on any atom is 0.174 e. The van der Waals surface area contributed by atoms with E-state index in [0.29, 0.717) is 12.5 Å². The molecule has 2 aromatic carbocycles. The average molecular weight is 437 g/mol. The minimum atomic E-state index is 0.129. The number of carbonyl (C=O) groups excluding carboxylic acids is 1. The van der Waals surface area contributed by atoms with E-state index in [-0.39, 0.29) is 5.78 Å². The molecule has 2 aromatic rings. The monoisotopic (exact) mass is 436 g/mol. The molecule has 3 nitrogen and oxygen atoms in total. The molecule has 0 aromatic heterocycles. The summed E-state index contributed by atoms with van der Waals surface area (Å²) in [7, 11) is 0. The summed E-state index contributed by atoms with van der Waals surface area (Å²) in [6, 6.07) is 13.6. The normalized spacial score (nSPS) is 22.3. The van der Waals surface area contributed by atoms with Crippen molar-refractivity contribution in [1.82, 2.24) is 10.2 Å². The molecule has 1 saturated heterocycles. The molecule has 1 atom stereocenters. The average Bonchev–Trinajstić information content (AvgIpc) is 3.08. The van der Waals surface area contributed by atoms with Crippen LogP contribution in [0.15, 0.2) is 66.4 Å². The summed E-state index contributed by atoms with van der Waals surface area (Å²) in [5.74, 6) is 0.629. The van der Waals surface area contributed by atoms with Crippen molar-refractivity contribution < 1.29 is 4.79 Å². The van der Waals surface area contributed by atoms with Crippen LogP contribution in [0.5, 0.6) is 0 Å². The Balaban J connectivity index is 1.42. The van der Waals surface area contributed by atoms with Crippen LogP contribution in [-0.4, -0.2) is 36.9 Å². The molecule has 4 aliphatic rings. The van der Waals surface area contributed by atoms with E-state index < -0.39 is 0 Å². The second-order valence-electron chi connectivity index (χ2n) is 9.94. The third-order valence-corrected chi connectivity index (χ3v) is 7.77. The van der Waals surface area contributed by atoms with Crippen molar-refractivity contribution in [1.29, 1.82) is 0 Å². The second kappa shape index (κ2) is 8.79. The predicted molar refractivity (Wildman–Crippen MR) is 135 cm³/mol. The van der Waals surface area contributed by atoms with Crippen molar-refractivity contribution in [2.24, 2.45) is 5.92 Å². The minimum absolute atomic E-state index is 0.129. The molecule has 1 unspecified atom stereocenters. The van der Waals surface area contributed by atoms with E-state index >= 15 is 0 Å². The molecule has 6 rings (SSSR count). The Bertz CT molecular complexity index is 1180. The van der Waals surface area contributed by atoms with Gasteiger partial charge in [0, 0.05) is 17.8 Å². The van der Waals surface area contributed by atoms with Gasteiger partial charge in [0.2, 0.25) is 0 Å². The number of piperidine rings is 1. The number of hydrogen-bond acceptors (Lipinski definition) is 3. The minimum Gasteiger partial charge on any atom is -0.377 e. The Hall–Kier alpha value is -2.91. The number of hydrogen-bond donors (Lipinski definition) is 1. The van der Waals surface area contributed by atoms with E-state index in [1.807, 2.05) is 6.08 Å². The standard InChI is InChI=1S/C30H32N2O/c33-23-8-6-10-30(31-19-23)29-18-21(20-32-15-4-1-5-16-32)17-28-26-12-11-22-7-2-3-9-24(22)25(26)13-14-27(28)29/h2-3,6-10,13-14,18,21,31H,1,4-5,11-12,15-17,19-20H2. The zero-order valence-corrected chi connectivity index (χ0v) is 19.3. The number of ketones is 1. The molecule has 0 bridgehead atoms. The molecule has 0 spiro atoms. The summed E-state index contributed by atoms with van der Waals surface area (Å²) in [5, 5.41) is 3.43. The van der Waals surface area contributed by atoms with Crippen LogP contribution in [0.2, 0.25) is 0 Å². The number of carbonyl (C=O) groups is 1. The van der Waals surface area contributed by atoms with Gasteiger partial charge in [-0.15, -0.1) is 0 Å². The maximum absolute atomic E-state index is 12.0. The van der Waals surface area contributed by atoms with Crippen LogP contribution in [0.4, 0.5) is 0 Å². The maximum atomic E-state index is 12.0. The van der Waals surface area contributed by atoms with Crippen LogP contribution < -0.4 is 5.32 Å². The summed E-state index contributed by atoms with van der Waals surface area (Å²) in [4.78, 5) is 14.6. The largest absolute Gasteiger partial charge is 0.377 e. The molecule has 2 heterocycles. The van der Waals surface area contributed by atoms with Crippen molar-refractivity contribution in [2.45, 2.75) is 38.5 Å². The highest BCUT2D eigenvalue weighted by Gasteiger charge is 2.29. The van der Waals surface area contributed by atoms with Crippen LogP contribution in [0.25, 0.3) is 16.7 Å². The number of likely N-dealkylation sites (tertiary alicyclic amines) is 1. The van der Waals surface area contributed by atoms with Crippen LogP contribution in [0.3, 0.4) is 0 Å². The van der Waals surface area contributed by atoms with Gasteiger partial charge in [0.15, 0.2) is 5.78 Å². The highest BCUT2D eigenvalue weighted by atomic mass is 16.1. The number of nitrogens with one attached hydrogen (secondary N) is 1. The lowest BCUT2D eigenvalue weighted by atomic mass is 9.75. The van der Waals surface area contributed by atoms with Crippen LogP contribution >= 0.6 is 0 Å². The first-order valence-electron chi connectivity index (χ1n) is 12.6. The van der Waals surface area contributed by atoms with Crippen LogP contribution in [0.1, 0.15) is 41.5 Å². The number of fused-ring (bicyclic) bond motifs is 5. The van der Waals surface area contributed by atoms with Gasteiger partial charge < -0.3 is 10.2 Å². The topological polar surface area (TPSA) is 32.3 Å². The number of benzene rings is 2. The fourth-order valence-corrected chi connectivity index (χ4v) is 6.19. The Kier molecular flexibility index (Phi) is 5.51. The zero-order valence-electron chi connectivity index (χ0n) is 19.3. The van der Waals surface area contributed by atoms with Gasteiger partial charge in [-0.3, -0.25) is 4.79 Å². The Morgan fingerprint density at radius 1 is 0.909 bits per heavy atom. The number of rotatable bonds is 3. The lowest BCUT2D eigenvalue weighted by Gasteiger charge is -2.34. The van der Waals surface area contributed by atoms with Crippen molar-refractivity contribution >= 4 is 11.4 Å². The van der Waals surface area contributed by atoms with Gasteiger partial charge in [0.05, 0.1) is 6.54 Å². The predicted octanol–water partition coefficient (Wildman–Crippen LogP) is 5.11. The first kappa shape index (κ1) is 20.7. The summed E-state index contributed by atoms with van der Waals surface area (Å²) in [6.45, 7) is 3.95. The second-order valence-corrected chi connectivity index (χ2v) is 9.94. The summed E-state index contributed by atoms with van der Waals surface area (Å²) in [5.41, 5.74) is 11.1. The van der Waals surface area contributed by atoms with Gasteiger partial charge in [0.1, 0.15) is 0 Å². The molecule has 168 valence electrons. The van der Waals surface area contributed by atoms with Gasteiger partial charge in [0.25, 0.3) is 0 Å². The van der Waals surface area contributed by atoms with Crippen molar-refractivity contribution in [3.05, 3.63) is 88.7 Å². The smallest absolute Gasteiger partial charge is 0.174 e. The highest BCUT2D eigenvalue weighted by Crippen LogP contribution is 2.42. The summed E-state index contributed by atoms with van der Waals surface area (Å²) in [6.07, 6.45) is 15.5. The van der Waals surface area contributed by atoms with E-state index in [1.54, 1.807) is 11.6 Å². The Labute approximate surface area is 196 Å². The molecule has 1 fully saturated rings. The van der Waals surface area contributed by atoms with Crippen molar-refractivity contribution in [3.63, 3.8) is 0 Å². The highest BCUT2D eigenvalue weighted by molar-refractivity contribution is 5.94. The number of nitrogens with zero attached hydrogens (tertiary/aromatic N) is 1. The third kappa shape index (κ3) is 4.00. The lowest BCUT2D eigenvalue weighted by molar-refractivity contribution is -0.113. The molecule has 0 radical (unpaired) electrons. The Morgan fingerprint density at radius 3 is 2.67 bits per heavy atom. The van der Waals surface area contributed by atoms with Crippen molar-refractivity contribution in [2.75, 3.05) is 26.2 Å². The fourth-order valence-electron chi connectivity index (χ4n) is 6.19.